The molecule has 4 aromatic rings. The fraction of sp³-hybridized carbons (Fsp3) is 0.136. The SMILES string of the molecule is O=C(NCc1ccco1)c1csc(CN(Cc2ccco2)C(=O)c2ccc(Cl)c(Cl)c2)n1. The van der Waals surface area contributed by atoms with E-state index < -0.39 is 0 Å². The molecule has 0 unspecified atom stereocenters. The van der Waals surface area contributed by atoms with Gasteiger partial charge in [-0.25, -0.2) is 4.98 Å². The van der Waals surface area contributed by atoms with Crippen molar-refractivity contribution in [3.8, 4) is 0 Å². The Morgan fingerprint density at radius 1 is 1.00 bits per heavy atom. The summed E-state index contributed by atoms with van der Waals surface area (Å²) in [5.74, 6) is 0.674. The Balaban J connectivity index is 1.49. The van der Waals surface area contributed by atoms with Crippen molar-refractivity contribution in [2.45, 2.75) is 19.6 Å². The quantitative estimate of drug-likeness (QED) is 0.357. The highest BCUT2D eigenvalue weighted by Gasteiger charge is 2.21. The molecule has 0 bridgehead atoms. The van der Waals surface area contributed by atoms with Gasteiger partial charge in [0.25, 0.3) is 11.8 Å². The highest BCUT2D eigenvalue weighted by atomic mass is 35.5. The molecule has 0 spiro atoms. The van der Waals surface area contributed by atoms with Crippen molar-refractivity contribution in [2.75, 3.05) is 0 Å². The first-order valence-electron chi connectivity index (χ1n) is 9.51. The average molecular weight is 490 g/mol. The maximum absolute atomic E-state index is 13.2. The van der Waals surface area contributed by atoms with Crippen LogP contribution in [0.15, 0.2) is 69.2 Å². The number of furan rings is 2. The molecule has 32 heavy (non-hydrogen) atoms. The van der Waals surface area contributed by atoms with Crippen LogP contribution in [-0.2, 0) is 19.6 Å². The molecule has 0 aliphatic rings. The number of aromatic nitrogens is 1. The number of rotatable bonds is 8. The molecule has 0 saturated carbocycles. The minimum absolute atomic E-state index is 0.190. The standard InChI is InChI=1S/C22H17Cl2N3O4S/c23-17-6-5-14(9-18(17)24)22(29)27(11-16-4-2-8-31-16)12-20-26-19(13-32-20)21(28)25-10-15-3-1-7-30-15/h1-9,13H,10-12H2,(H,25,28). The molecule has 0 aliphatic heterocycles. The van der Waals surface area contributed by atoms with Gasteiger partial charge in [-0.05, 0) is 42.5 Å². The number of hydrogen-bond acceptors (Lipinski definition) is 6. The van der Waals surface area contributed by atoms with Gasteiger partial charge in [-0.1, -0.05) is 23.2 Å². The summed E-state index contributed by atoms with van der Waals surface area (Å²) in [6, 6.07) is 11.8. The Morgan fingerprint density at radius 2 is 1.75 bits per heavy atom. The summed E-state index contributed by atoms with van der Waals surface area (Å²) in [5, 5.41) is 5.67. The lowest BCUT2D eigenvalue weighted by molar-refractivity contribution is 0.0717. The molecule has 0 saturated heterocycles. The van der Waals surface area contributed by atoms with Crippen molar-refractivity contribution < 1.29 is 18.4 Å². The van der Waals surface area contributed by atoms with Crippen molar-refractivity contribution >= 4 is 46.4 Å². The number of nitrogens with one attached hydrogen (secondary N) is 1. The lowest BCUT2D eigenvalue weighted by Gasteiger charge is -2.21. The molecular formula is C22H17Cl2N3O4S. The molecule has 0 radical (unpaired) electrons. The topological polar surface area (TPSA) is 88.6 Å². The molecule has 4 rings (SSSR count). The van der Waals surface area contributed by atoms with Gasteiger partial charge < -0.3 is 19.1 Å². The zero-order chi connectivity index (χ0) is 22.5. The Labute approximate surface area is 197 Å². The van der Waals surface area contributed by atoms with Gasteiger partial charge in [0.15, 0.2) is 0 Å². The summed E-state index contributed by atoms with van der Waals surface area (Å²) in [6.07, 6.45) is 3.09. The lowest BCUT2D eigenvalue weighted by atomic mass is 10.2. The monoisotopic (exact) mass is 489 g/mol. The number of hydrogen-bond donors (Lipinski definition) is 1. The van der Waals surface area contributed by atoms with Crippen molar-refractivity contribution in [1.82, 2.24) is 15.2 Å². The van der Waals surface area contributed by atoms with E-state index in [0.717, 1.165) is 0 Å². The van der Waals surface area contributed by atoms with Gasteiger partial charge >= 0.3 is 0 Å². The van der Waals surface area contributed by atoms with Gasteiger partial charge in [0.05, 0.1) is 42.2 Å². The molecule has 7 nitrogen and oxygen atoms in total. The predicted octanol–water partition coefficient (Wildman–Crippen LogP) is 5.41. The van der Waals surface area contributed by atoms with Crippen molar-refractivity contribution in [3.05, 3.63) is 98.2 Å². The van der Waals surface area contributed by atoms with Gasteiger partial charge in [-0.3, -0.25) is 9.59 Å². The highest BCUT2D eigenvalue weighted by molar-refractivity contribution is 7.09. The number of amides is 2. The summed E-state index contributed by atoms with van der Waals surface area (Å²) in [5.41, 5.74) is 0.662. The summed E-state index contributed by atoms with van der Waals surface area (Å²) >= 11 is 13.4. The molecule has 1 N–H and O–H groups in total. The van der Waals surface area contributed by atoms with Crippen LogP contribution >= 0.6 is 34.5 Å². The molecule has 0 atom stereocenters. The molecule has 1 aromatic carbocycles. The predicted molar refractivity (Wildman–Crippen MR) is 121 cm³/mol. The van der Waals surface area contributed by atoms with E-state index >= 15 is 0 Å². The smallest absolute Gasteiger partial charge is 0.271 e. The van der Waals surface area contributed by atoms with E-state index in [0.29, 0.717) is 32.1 Å². The van der Waals surface area contributed by atoms with Crippen LogP contribution in [0.4, 0.5) is 0 Å². The maximum atomic E-state index is 13.2. The number of carbonyl (C=O) groups is 2. The molecule has 3 heterocycles. The molecule has 2 amide bonds. The number of benzene rings is 1. The van der Waals surface area contributed by atoms with Gasteiger partial charge in [-0.15, -0.1) is 11.3 Å². The van der Waals surface area contributed by atoms with Crippen molar-refractivity contribution in [3.63, 3.8) is 0 Å². The minimum atomic E-state index is -0.322. The van der Waals surface area contributed by atoms with E-state index in [9.17, 15) is 9.59 Å². The van der Waals surface area contributed by atoms with Crippen LogP contribution in [0.25, 0.3) is 0 Å². The van der Waals surface area contributed by atoms with E-state index in [1.807, 2.05) is 0 Å². The second-order valence-corrected chi connectivity index (χ2v) is 8.52. The van der Waals surface area contributed by atoms with E-state index in [2.05, 4.69) is 10.3 Å². The first-order valence-corrected chi connectivity index (χ1v) is 11.1. The fourth-order valence-electron chi connectivity index (χ4n) is 2.92. The van der Waals surface area contributed by atoms with Crippen LogP contribution in [0, 0.1) is 0 Å². The Hall–Kier alpha value is -3.07. The Bertz CT molecular complexity index is 1210. The van der Waals surface area contributed by atoms with Crippen LogP contribution in [-0.4, -0.2) is 21.7 Å². The second kappa shape index (κ2) is 10.0. The summed E-state index contributed by atoms with van der Waals surface area (Å²) in [7, 11) is 0. The molecule has 0 aliphatic carbocycles. The summed E-state index contributed by atoms with van der Waals surface area (Å²) in [4.78, 5) is 31.5. The van der Waals surface area contributed by atoms with Gasteiger partial charge in [0, 0.05) is 10.9 Å². The van der Waals surface area contributed by atoms with Crippen molar-refractivity contribution in [2.24, 2.45) is 0 Å². The minimum Gasteiger partial charge on any atom is -0.467 e. The first kappa shape index (κ1) is 22.1. The lowest BCUT2D eigenvalue weighted by Crippen LogP contribution is -2.30. The zero-order valence-corrected chi connectivity index (χ0v) is 18.9. The van der Waals surface area contributed by atoms with E-state index in [1.165, 1.54) is 17.4 Å². The molecule has 3 aromatic heterocycles. The van der Waals surface area contributed by atoms with Crippen LogP contribution in [0.2, 0.25) is 10.0 Å². The second-order valence-electron chi connectivity index (χ2n) is 6.76. The number of halogens is 2. The summed E-state index contributed by atoms with van der Waals surface area (Å²) < 4.78 is 10.6. The Kier molecular flexibility index (Phi) is 6.94. The third kappa shape index (κ3) is 5.40. The van der Waals surface area contributed by atoms with Crippen molar-refractivity contribution in [1.29, 1.82) is 0 Å². The van der Waals surface area contributed by atoms with E-state index in [1.54, 1.807) is 59.2 Å². The molecule has 164 valence electrons. The Morgan fingerprint density at radius 3 is 2.44 bits per heavy atom. The molecule has 0 fully saturated rings. The van der Waals surface area contributed by atoms with Gasteiger partial charge in [0.2, 0.25) is 0 Å². The zero-order valence-electron chi connectivity index (χ0n) is 16.6. The maximum Gasteiger partial charge on any atom is 0.271 e. The normalized spacial score (nSPS) is 10.8. The van der Waals surface area contributed by atoms with Crippen LogP contribution in [0.1, 0.15) is 37.4 Å². The third-order valence-corrected chi connectivity index (χ3v) is 6.07. The highest BCUT2D eigenvalue weighted by Crippen LogP contribution is 2.24. The van der Waals surface area contributed by atoms with E-state index in [4.69, 9.17) is 32.0 Å². The van der Waals surface area contributed by atoms with Gasteiger partial charge in [0.1, 0.15) is 22.2 Å². The fourth-order valence-corrected chi connectivity index (χ4v) is 4.01. The van der Waals surface area contributed by atoms with Crippen LogP contribution in [0.5, 0.6) is 0 Å². The number of carbonyl (C=O) groups excluding carboxylic acids is 2. The van der Waals surface area contributed by atoms with E-state index in [-0.39, 0.29) is 37.1 Å². The summed E-state index contributed by atoms with van der Waals surface area (Å²) in [6.45, 7) is 0.681. The van der Waals surface area contributed by atoms with Gasteiger partial charge in [-0.2, -0.15) is 0 Å². The van der Waals surface area contributed by atoms with Crippen LogP contribution in [0.3, 0.4) is 0 Å². The number of nitrogens with zero attached hydrogens (tertiary/aromatic N) is 2. The first-order chi connectivity index (χ1) is 15.5. The average Bonchev–Trinajstić information content (AvgIpc) is 3.56. The van der Waals surface area contributed by atoms with Crippen LogP contribution < -0.4 is 5.32 Å². The molecule has 10 heteroatoms. The third-order valence-electron chi connectivity index (χ3n) is 4.49. The number of thiazole rings is 1. The largest absolute Gasteiger partial charge is 0.467 e. The molecular weight excluding hydrogens is 473 g/mol.